The van der Waals surface area contributed by atoms with Gasteiger partial charge in [-0.1, -0.05) is 20.8 Å². The highest BCUT2D eigenvalue weighted by atomic mass is 16.2. The lowest BCUT2D eigenvalue weighted by atomic mass is 9.92. The third-order valence-corrected chi connectivity index (χ3v) is 4.73. The van der Waals surface area contributed by atoms with Crippen LogP contribution in [0, 0.1) is 16.7 Å². The Hall–Kier alpha value is -2.33. The van der Waals surface area contributed by atoms with Gasteiger partial charge in [-0.3, -0.25) is 9.69 Å². The lowest BCUT2D eigenvalue weighted by Crippen LogP contribution is -2.50. The van der Waals surface area contributed by atoms with Gasteiger partial charge < -0.3 is 9.47 Å². The highest BCUT2D eigenvalue weighted by molar-refractivity contribution is 5.79. The minimum absolute atomic E-state index is 0.195. The van der Waals surface area contributed by atoms with Crippen molar-refractivity contribution in [3.63, 3.8) is 0 Å². The summed E-state index contributed by atoms with van der Waals surface area (Å²) in [6.45, 7) is 10.2. The number of hydrogen-bond acceptors (Lipinski definition) is 4. The molecule has 7 heteroatoms. The molecule has 0 aliphatic carbocycles. The number of piperazine rings is 1. The normalized spacial score (nSPS) is 16.6. The van der Waals surface area contributed by atoms with Crippen LogP contribution >= 0.6 is 0 Å². The molecule has 1 aliphatic rings. The van der Waals surface area contributed by atoms with Crippen LogP contribution in [0.4, 0.5) is 0 Å². The highest BCUT2D eigenvalue weighted by Crippen LogP contribution is 2.20. The first-order chi connectivity index (χ1) is 11.8. The van der Waals surface area contributed by atoms with Crippen molar-refractivity contribution in [2.24, 2.45) is 12.5 Å². The zero-order valence-electron chi connectivity index (χ0n) is 15.5. The monoisotopic (exact) mass is 342 g/mol. The second-order valence-corrected chi connectivity index (χ2v) is 8.04. The predicted octanol–water partition coefficient (Wildman–Crippen LogP) is 1.62. The summed E-state index contributed by atoms with van der Waals surface area (Å²) in [4.78, 5) is 16.6. The van der Waals surface area contributed by atoms with Gasteiger partial charge in [0.15, 0.2) is 5.65 Å². The Bertz CT molecular complexity index is 819. The molecule has 2 aromatic heterocycles. The molecule has 1 saturated heterocycles. The zero-order valence-corrected chi connectivity index (χ0v) is 15.5. The van der Waals surface area contributed by atoms with Gasteiger partial charge in [-0.15, -0.1) is 0 Å². The number of aromatic nitrogens is 3. The molecule has 0 aromatic carbocycles. The number of rotatable bonds is 4. The smallest absolute Gasteiger partial charge is 0.236 e. The lowest BCUT2D eigenvalue weighted by Gasteiger charge is -2.35. The summed E-state index contributed by atoms with van der Waals surface area (Å²) in [6, 6.07) is 2.17. The van der Waals surface area contributed by atoms with E-state index in [1.165, 1.54) is 0 Å². The van der Waals surface area contributed by atoms with E-state index in [9.17, 15) is 10.1 Å². The number of aryl methyl sites for hydroxylation is 1. The van der Waals surface area contributed by atoms with Crippen molar-refractivity contribution in [2.45, 2.75) is 33.7 Å². The fourth-order valence-corrected chi connectivity index (χ4v) is 3.25. The van der Waals surface area contributed by atoms with Gasteiger partial charge in [-0.25, -0.2) is 4.52 Å². The Morgan fingerprint density at radius 2 is 2.08 bits per heavy atom. The molecule has 0 radical (unpaired) electrons. The van der Waals surface area contributed by atoms with E-state index in [0.717, 1.165) is 37.4 Å². The summed E-state index contributed by atoms with van der Waals surface area (Å²) in [5, 5.41) is 13.5. The maximum absolute atomic E-state index is 12.4. The van der Waals surface area contributed by atoms with E-state index in [-0.39, 0.29) is 11.3 Å². The zero-order chi connectivity index (χ0) is 18.2. The van der Waals surface area contributed by atoms with Gasteiger partial charge in [-0.05, 0) is 11.8 Å². The molecule has 0 atom stereocenters. The average Bonchev–Trinajstić information content (AvgIpc) is 3.08. The number of fused-ring (bicyclic) bond motifs is 1. The van der Waals surface area contributed by atoms with Crippen LogP contribution in [0.15, 0.2) is 12.4 Å². The minimum Gasteiger partial charge on any atom is -0.340 e. The molecule has 134 valence electrons. The highest BCUT2D eigenvalue weighted by Gasteiger charge is 2.26. The molecule has 0 bridgehead atoms. The molecule has 0 saturated carbocycles. The number of nitrogens with zero attached hydrogens (tertiary/aromatic N) is 6. The van der Waals surface area contributed by atoms with Crippen LogP contribution in [-0.4, -0.2) is 56.1 Å². The van der Waals surface area contributed by atoms with Gasteiger partial charge in [0.25, 0.3) is 0 Å². The summed E-state index contributed by atoms with van der Waals surface area (Å²) in [7, 11) is 1.91. The standard InChI is InChI=1S/C18H26N6O/c1-18(2,3)5-6-23-8-7-22(13-16(23)25)12-15-11-21(4)17-14(9-19)10-20-24(15)17/h10-11H,5-8,12-13H2,1-4H3. The van der Waals surface area contributed by atoms with Gasteiger partial charge in [0.05, 0.1) is 18.4 Å². The Kier molecular flexibility index (Phi) is 4.56. The van der Waals surface area contributed by atoms with E-state index in [1.807, 2.05) is 22.7 Å². The average molecular weight is 342 g/mol. The molecule has 3 heterocycles. The van der Waals surface area contributed by atoms with Crippen molar-refractivity contribution < 1.29 is 4.79 Å². The topological polar surface area (TPSA) is 69.6 Å². The molecule has 3 rings (SSSR count). The molecule has 1 aliphatic heterocycles. The van der Waals surface area contributed by atoms with Crippen molar-refractivity contribution in [1.29, 1.82) is 5.26 Å². The Labute approximate surface area is 148 Å². The predicted molar refractivity (Wildman–Crippen MR) is 94.8 cm³/mol. The van der Waals surface area contributed by atoms with Gasteiger partial charge >= 0.3 is 0 Å². The quantitative estimate of drug-likeness (QED) is 0.847. The Morgan fingerprint density at radius 3 is 2.72 bits per heavy atom. The molecule has 0 spiro atoms. The first-order valence-corrected chi connectivity index (χ1v) is 8.70. The molecule has 7 nitrogen and oxygen atoms in total. The van der Waals surface area contributed by atoms with E-state index < -0.39 is 0 Å². The molecule has 0 unspecified atom stereocenters. The summed E-state index contributed by atoms with van der Waals surface area (Å²) < 4.78 is 3.72. The molecule has 0 N–H and O–H groups in total. The lowest BCUT2D eigenvalue weighted by molar-refractivity contribution is -0.136. The van der Waals surface area contributed by atoms with E-state index in [2.05, 4.69) is 36.8 Å². The van der Waals surface area contributed by atoms with Crippen molar-refractivity contribution in [1.82, 2.24) is 24.0 Å². The summed E-state index contributed by atoms with van der Waals surface area (Å²) >= 11 is 0. The van der Waals surface area contributed by atoms with Crippen LogP contribution in [-0.2, 0) is 18.4 Å². The van der Waals surface area contributed by atoms with Crippen LogP contribution in [0.2, 0.25) is 0 Å². The van der Waals surface area contributed by atoms with Crippen LogP contribution in [0.25, 0.3) is 5.65 Å². The second kappa shape index (κ2) is 6.52. The van der Waals surface area contributed by atoms with E-state index in [0.29, 0.717) is 18.7 Å². The maximum Gasteiger partial charge on any atom is 0.236 e. The summed E-state index contributed by atoms with van der Waals surface area (Å²) in [5.74, 6) is 0.195. The van der Waals surface area contributed by atoms with Crippen LogP contribution in [0.3, 0.4) is 0 Å². The third-order valence-electron chi connectivity index (χ3n) is 4.73. The van der Waals surface area contributed by atoms with Gasteiger partial charge in [0, 0.05) is 39.4 Å². The number of carbonyl (C=O) groups excluding carboxylic acids is 1. The third kappa shape index (κ3) is 3.69. The number of carbonyl (C=O) groups is 1. The number of imidazole rings is 1. The fourth-order valence-electron chi connectivity index (χ4n) is 3.25. The molecule has 1 amide bonds. The van der Waals surface area contributed by atoms with Crippen molar-refractivity contribution >= 4 is 11.6 Å². The molecule has 25 heavy (non-hydrogen) atoms. The number of amides is 1. The van der Waals surface area contributed by atoms with Crippen LogP contribution < -0.4 is 0 Å². The number of hydrogen-bond donors (Lipinski definition) is 0. The van der Waals surface area contributed by atoms with Crippen LogP contribution in [0.1, 0.15) is 38.4 Å². The Morgan fingerprint density at radius 1 is 1.32 bits per heavy atom. The molecular formula is C18H26N6O. The summed E-state index contributed by atoms with van der Waals surface area (Å²) in [6.07, 6.45) is 4.59. The van der Waals surface area contributed by atoms with E-state index in [1.54, 1.807) is 10.7 Å². The maximum atomic E-state index is 12.4. The van der Waals surface area contributed by atoms with Crippen molar-refractivity contribution in [2.75, 3.05) is 26.2 Å². The molecule has 1 fully saturated rings. The van der Waals surface area contributed by atoms with E-state index >= 15 is 0 Å². The van der Waals surface area contributed by atoms with Crippen molar-refractivity contribution in [3.05, 3.63) is 23.7 Å². The first-order valence-electron chi connectivity index (χ1n) is 8.70. The SMILES string of the molecule is Cn1cc(CN2CCN(CCC(C)(C)C)C(=O)C2)n2ncc(C#N)c12. The number of nitriles is 1. The van der Waals surface area contributed by atoms with Gasteiger partial charge in [0.2, 0.25) is 5.91 Å². The van der Waals surface area contributed by atoms with Crippen molar-refractivity contribution in [3.8, 4) is 6.07 Å². The summed E-state index contributed by atoms with van der Waals surface area (Å²) in [5.41, 5.74) is 2.60. The second-order valence-electron chi connectivity index (χ2n) is 8.04. The van der Waals surface area contributed by atoms with Crippen LogP contribution in [0.5, 0.6) is 0 Å². The minimum atomic E-state index is 0.195. The van der Waals surface area contributed by atoms with Gasteiger partial charge in [0.1, 0.15) is 11.6 Å². The molecular weight excluding hydrogens is 316 g/mol. The van der Waals surface area contributed by atoms with Gasteiger partial charge in [-0.2, -0.15) is 10.4 Å². The Balaban J connectivity index is 1.65. The largest absolute Gasteiger partial charge is 0.340 e. The molecule has 2 aromatic rings. The van der Waals surface area contributed by atoms with E-state index in [4.69, 9.17) is 0 Å². The fraction of sp³-hybridized carbons (Fsp3) is 0.611. The first kappa shape index (κ1) is 17.5.